The molecule has 3 heteroatoms. The van der Waals surface area contributed by atoms with Gasteiger partial charge in [-0.2, -0.15) is 0 Å². The van der Waals surface area contributed by atoms with E-state index in [9.17, 15) is 4.79 Å². The Morgan fingerprint density at radius 1 is 1.27 bits per heavy atom. The lowest BCUT2D eigenvalue weighted by Gasteiger charge is -2.00. The summed E-state index contributed by atoms with van der Waals surface area (Å²) in [6.45, 7) is 2.05. The summed E-state index contributed by atoms with van der Waals surface area (Å²) in [5.41, 5.74) is 3.09. The van der Waals surface area contributed by atoms with E-state index in [4.69, 9.17) is 0 Å². The molecule has 3 nitrogen and oxygen atoms in total. The zero-order chi connectivity index (χ0) is 10.7. The second kappa shape index (κ2) is 4.09. The molecule has 15 heavy (non-hydrogen) atoms. The van der Waals surface area contributed by atoms with Gasteiger partial charge in [0.15, 0.2) is 0 Å². The lowest BCUT2D eigenvalue weighted by atomic mass is 10.1. The highest BCUT2D eigenvalue weighted by molar-refractivity contribution is 5.24. The molecule has 76 valence electrons. The van der Waals surface area contributed by atoms with E-state index in [1.54, 1.807) is 0 Å². The molecule has 0 bridgehead atoms. The standard InChI is InChI=1S/C12H12N2O/c1-9-2-4-10(5-3-9)6-11-7-12(15)14-8-13-11/h2-5,7-8H,6H2,1H3,(H,13,14,15). The van der Waals surface area contributed by atoms with Gasteiger partial charge in [-0.15, -0.1) is 0 Å². The first-order valence-corrected chi connectivity index (χ1v) is 4.83. The van der Waals surface area contributed by atoms with Gasteiger partial charge < -0.3 is 4.98 Å². The number of nitrogens with zero attached hydrogens (tertiary/aromatic N) is 1. The second-order valence-electron chi connectivity index (χ2n) is 3.56. The van der Waals surface area contributed by atoms with Crippen molar-refractivity contribution in [1.82, 2.24) is 9.97 Å². The molecular formula is C12H12N2O. The van der Waals surface area contributed by atoms with Gasteiger partial charge in [0.05, 0.1) is 12.0 Å². The minimum atomic E-state index is -0.105. The molecule has 0 aliphatic heterocycles. The molecule has 2 aromatic rings. The van der Waals surface area contributed by atoms with Crippen LogP contribution in [0, 0.1) is 6.92 Å². The Labute approximate surface area is 87.8 Å². The lowest BCUT2D eigenvalue weighted by molar-refractivity contribution is 1.00. The number of rotatable bonds is 2. The lowest BCUT2D eigenvalue weighted by Crippen LogP contribution is -2.06. The fourth-order valence-corrected chi connectivity index (χ4v) is 1.42. The zero-order valence-electron chi connectivity index (χ0n) is 8.53. The molecule has 1 heterocycles. The van der Waals surface area contributed by atoms with E-state index in [1.165, 1.54) is 23.5 Å². The van der Waals surface area contributed by atoms with Crippen molar-refractivity contribution in [3.63, 3.8) is 0 Å². The smallest absolute Gasteiger partial charge is 0.250 e. The average molecular weight is 200 g/mol. The van der Waals surface area contributed by atoms with Crippen LogP contribution in [0.25, 0.3) is 0 Å². The van der Waals surface area contributed by atoms with Crippen molar-refractivity contribution in [2.24, 2.45) is 0 Å². The number of nitrogens with one attached hydrogen (secondary N) is 1. The SMILES string of the molecule is Cc1ccc(Cc2cc(=O)[nH]cn2)cc1. The molecule has 0 aliphatic carbocycles. The van der Waals surface area contributed by atoms with E-state index in [1.807, 2.05) is 0 Å². The molecule has 0 spiro atoms. The van der Waals surface area contributed by atoms with Crippen molar-refractivity contribution in [2.45, 2.75) is 13.3 Å². The summed E-state index contributed by atoms with van der Waals surface area (Å²) in [5.74, 6) is 0. The maximum atomic E-state index is 11.0. The highest BCUT2D eigenvalue weighted by atomic mass is 16.1. The predicted octanol–water partition coefficient (Wildman–Crippen LogP) is 1.67. The third-order valence-corrected chi connectivity index (χ3v) is 2.24. The third-order valence-electron chi connectivity index (χ3n) is 2.24. The first-order valence-electron chi connectivity index (χ1n) is 4.83. The topological polar surface area (TPSA) is 45.8 Å². The molecule has 1 aromatic carbocycles. The minimum Gasteiger partial charge on any atom is -0.313 e. The zero-order valence-corrected chi connectivity index (χ0v) is 8.53. The Hall–Kier alpha value is -1.90. The third kappa shape index (κ3) is 2.53. The molecule has 0 aliphatic rings. The highest BCUT2D eigenvalue weighted by Gasteiger charge is 1.97. The van der Waals surface area contributed by atoms with E-state index < -0.39 is 0 Å². The number of aromatic nitrogens is 2. The van der Waals surface area contributed by atoms with Gasteiger partial charge in [0.25, 0.3) is 5.56 Å². The maximum absolute atomic E-state index is 11.0. The first kappa shape index (κ1) is 9.65. The van der Waals surface area contributed by atoms with Crippen LogP contribution in [0.1, 0.15) is 16.8 Å². The number of H-pyrrole nitrogens is 1. The van der Waals surface area contributed by atoms with E-state index in [2.05, 4.69) is 41.2 Å². The molecule has 0 amide bonds. The summed E-state index contributed by atoms with van der Waals surface area (Å²) in [6.07, 6.45) is 2.13. The minimum absolute atomic E-state index is 0.105. The average Bonchev–Trinajstić information content (AvgIpc) is 2.22. The number of benzene rings is 1. The van der Waals surface area contributed by atoms with E-state index in [0.717, 1.165) is 5.69 Å². The molecule has 1 N–H and O–H groups in total. The van der Waals surface area contributed by atoms with Crippen molar-refractivity contribution in [3.05, 3.63) is 63.8 Å². The van der Waals surface area contributed by atoms with Crippen molar-refractivity contribution in [2.75, 3.05) is 0 Å². The molecular weight excluding hydrogens is 188 g/mol. The van der Waals surface area contributed by atoms with Crippen molar-refractivity contribution < 1.29 is 0 Å². The Kier molecular flexibility index (Phi) is 2.63. The Morgan fingerprint density at radius 2 is 2.00 bits per heavy atom. The molecule has 0 unspecified atom stereocenters. The van der Waals surface area contributed by atoms with Gasteiger partial charge in [0, 0.05) is 12.5 Å². The van der Waals surface area contributed by atoms with Crippen LogP contribution in [0.5, 0.6) is 0 Å². The molecule has 1 aromatic heterocycles. The summed E-state index contributed by atoms with van der Waals surface area (Å²) in [4.78, 5) is 17.6. The van der Waals surface area contributed by atoms with E-state index in [-0.39, 0.29) is 5.56 Å². The van der Waals surface area contributed by atoms with Gasteiger partial charge in [-0.1, -0.05) is 29.8 Å². The first-order chi connectivity index (χ1) is 7.24. The number of aromatic amines is 1. The molecule has 2 rings (SSSR count). The summed E-state index contributed by atoms with van der Waals surface area (Å²) in [7, 11) is 0. The van der Waals surface area contributed by atoms with Crippen LogP contribution in [0.15, 0.2) is 41.5 Å². The van der Waals surface area contributed by atoms with Crippen molar-refractivity contribution in [1.29, 1.82) is 0 Å². The van der Waals surface area contributed by atoms with Crippen LogP contribution in [-0.2, 0) is 6.42 Å². The molecule has 0 radical (unpaired) electrons. The maximum Gasteiger partial charge on any atom is 0.250 e. The highest BCUT2D eigenvalue weighted by Crippen LogP contribution is 2.06. The summed E-state index contributed by atoms with van der Waals surface area (Å²) in [5, 5.41) is 0. The van der Waals surface area contributed by atoms with E-state index in [0.29, 0.717) is 6.42 Å². The normalized spacial score (nSPS) is 10.2. The molecule has 0 fully saturated rings. The van der Waals surface area contributed by atoms with Gasteiger partial charge in [0.2, 0.25) is 0 Å². The van der Waals surface area contributed by atoms with Gasteiger partial charge in [-0.25, -0.2) is 4.98 Å². The van der Waals surface area contributed by atoms with Gasteiger partial charge in [-0.05, 0) is 12.5 Å². The van der Waals surface area contributed by atoms with Crippen LogP contribution >= 0.6 is 0 Å². The summed E-state index contributed by atoms with van der Waals surface area (Å²) >= 11 is 0. The van der Waals surface area contributed by atoms with Crippen LogP contribution in [0.4, 0.5) is 0 Å². The second-order valence-corrected chi connectivity index (χ2v) is 3.56. The summed E-state index contributed by atoms with van der Waals surface area (Å²) < 4.78 is 0. The van der Waals surface area contributed by atoms with Crippen LogP contribution in [0.2, 0.25) is 0 Å². The number of hydrogen-bond donors (Lipinski definition) is 1. The Morgan fingerprint density at radius 3 is 2.67 bits per heavy atom. The number of aryl methyl sites for hydroxylation is 1. The van der Waals surface area contributed by atoms with Gasteiger partial charge in [0.1, 0.15) is 0 Å². The number of hydrogen-bond acceptors (Lipinski definition) is 2. The monoisotopic (exact) mass is 200 g/mol. The van der Waals surface area contributed by atoms with Crippen LogP contribution in [0.3, 0.4) is 0 Å². The molecule has 0 atom stereocenters. The van der Waals surface area contributed by atoms with E-state index >= 15 is 0 Å². The molecule has 0 saturated heterocycles. The Balaban J connectivity index is 2.22. The predicted molar refractivity (Wildman–Crippen MR) is 58.8 cm³/mol. The quantitative estimate of drug-likeness (QED) is 0.801. The van der Waals surface area contributed by atoms with Gasteiger partial charge in [-0.3, -0.25) is 4.79 Å². The summed E-state index contributed by atoms with van der Waals surface area (Å²) in [6, 6.07) is 9.75. The largest absolute Gasteiger partial charge is 0.313 e. The van der Waals surface area contributed by atoms with Crippen molar-refractivity contribution >= 4 is 0 Å². The fourth-order valence-electron chi connectivity index (χ4n) is 1.42. The molecule has 0 saturated carbocycles. The Bertz CT molecular complexity index is 500. The fraction of sp³-hybridized carbons (Fsp3) is 0.167. The van der Waals surface area contributed by atoms with Crippen molar-refractivity contribution in [3.8, 4) is 0 Å². The van der Waals surface area contributed by atoms with Crippen LogP contribution in [-0.4, -0.2) is 9.97 Å². The van der Waals surface area contributed by atoms with Gasteiger partial charge >= 0.3 is 0 Å². The van der Waals surface area contributed by atoms with Crippen LogP contribution < -0.4 is 5.56 Å².